The van der Waals surface area contributed by atoms with Crippen LogP contribution < -0.4 is 11.1 Å². The molecule has 0 aliphatic heterocycles. The Hall–Kier alpha value is -1.10. The van der Waals surface area contributed by atoms with Crippen LogP contribution in [-0.2, 0) is 9.59 Å². The quantitative estimate of drug-likeness (QED) is 0.682. The van der Waals surface area contributed by atoms with Crippen molar-refractivity contribution >= 4 is 11.9 Å². The van der Waals surface area contributed by atoms with Gasteiger partial charge in [0.1, 0.15) is 0 Å². The Morgan fingerprint density at radius 3 is 2.61 bits per heavy atom. The standard InChI is InChI=1S/C23H38N2O3/c1-22-9-3-4-17(22)16-6-5-14-12-15(25-21(28)19(24)13-20(26)27)7-11-23(14,2)18(16)8-10-22/h14-19H,3-13,24H2,1-2H3,(H,25,28)(H,26,27)/t14-,15-,16+,17+,18+,19+,22+,23+/m1/s1. The Kier molecular flexibility index (Phi) is 5.26. The molecule has 4 rings (SSSR count). The van der Waals surface area contributed by atoms with Crippen LogP contribution in [0.15, 0.2) is 0 Å². The van der Waals surface area contributed by atoms with Gasteiger partial charge >= 0.3 is 5.97 Å². The summed E-state index contributed by atoms with van der Waals surface area (Å²) >= 11 is 0. The molecule has 0 bridgehead atoms. The minimum atomic E-state index is -1.02. The predicted octanol–water partition coefficient (Wildman–Crippen LogP) is 3.71. The molecule has 1 amide bonds. The molecule has 0 saturated heterocycles. The van der Waals surface area contributed by atoms with Crippen molar-refractivity contribution in [3.63, 3.8) is 0 Å². The van der Waals surface area contributed by atoms with Crippen LogP contribution in [0.1, 0.15) is 84.5 Å². The maximum absolute atomic E-state index is 12.3. The van der Waals surface area contributed by atoms with Crippen LogP contribution in [0, 0.1) is 34.5 Å². The van der Waals surface area contributed by atoms with Gasteiger partial charge in [-0.05, 0) is 92.3 Å². The summed E-state index contributed by atoms with van der Waals surface area (Å²) in [6.07, 6.45) is 12.7. The lowest BCUT2D eigenvalue weighted by Gasteiger charge is -2.60. The van der Waals surface area contributed by atoms with Crippen LogP contribution >= 0.6 is 0 Å². The van der Waals surface area contributed by atoms with Crippen LogP contribution in [0.5, 0.6) is 0 Å². The number of carboxylic acid groups (broad SMARTS) is 1. The molecule has 0 radical (unpaired) electrons. The number of hydrogen-bond donors (Lipinski definition) is 3. The summed E-state index contributed by atoms with van der Waals surface area (Å²) in [5.74, 6) is 2.06. The average Bonchev–Trinajstić information content (AvgIpc) is 3.03. The molecular weight excluding hydrogens is 352 g/mol. The molecule has 5 nitrogen and oxygen atoms in total. The highest BCUT2D eigenvalue weighted by Gasteiger charge is 2.57. The van der Waals surface area contributed by atoms with Crippen molar-refractivity contribution in [2.45, 2.75) is 96.6 Å². The van der Waals surface area contributed by atoms with E-state index in [4.69, 9.17) is 10.8 Å². The van der Waals surface area contributed by atoms with Crippen molar-refractivity contribution in [2.75, 3.05) is 0 Å². The van der Waals surface area contributed by atoms with E-state index < -0.39 is 12.0 Å². The van der Waals surface area contributed by atoms with E-state index in [9.17, 15) is 9.59 Å². The Morgan fingerprint density at radius 2 is 1.86 bits per heavy atom. The van der Waals surface area contributed by atoms with Gasteiger partial charge in [0.25, 0.3) is 0 Å². The Bertz CT molecular complexity index is 637. The fraction of sp³-hybridized carbons (Fsp3) is 0.913. The van der Waals surface area contributed by atoms with Crippen LogP contribution in [-0.4, -0.2) is 29.1 Å². The monoisotopic (exact) mass is 390 g/mol. The Morgan fingerprint density at radius 1 is 1.07 bits per heavy atom. The fourth-order valence-electron chi connectivity index (χ4n) is 7.97. The number of nitrogens with two attached hydrogens (primary N) is 1. The summed E-state index contributed by atoms with van der Waals surface area (Å²) < 4.78 is 0. The smallest absolute Gasteiger partial charge is 0.305 e. The van der Waals surface area contributed by atoms with Gasteiger partial charge in [-0.15, -0.1) is 0 Å². The maximum Gasteiger partial charge on any atom is 0.305 e. The summed E-state index contributed by atoms with van der Waals surface area (Å²) in [5, 5.41) is 11.9. The van der Waals surface area contributed by atoms with Crippen molar-refractivity contribution in [2.24, 2.45) is 40.2 Å². The topological polar surface area (TPSA) is 92.4 Å². The predicted molar refractivity (Wildman–Crippen MR) is 109 cm³/mol. The van der Waals surface area contributed by atoms with Gasteiger partial charge in [-0.25, -0.2) is 0 Å². The van der Waals surface area contributed by atoms with Crippen molar-refractivity contribution in [3.8, 4) is 0 Å². The lowest BCUT2D eigenvalue weighted by atomic mass is 9.45. The molecule has 0 spiro atoms. The number of rotatable bonds is 4. The number of fused-ring (bicyclic) bond motifs is 5. The van der Waals surface area contributed by atoms with Gasteiger partial charge in [0.15, 0.2) is 0 Å². The van der Waals surface area contributed by atoms with Crippen molar-refractivity contribution in [3.05, 3.63) is 0 Å². The highest BCUT2D eigenvalue weighted by molar-refractivity contribution is 5.86. The maximum atomic E-state index is 12.3. The molecule has 0 unspecified atom stereocenters. The van der Waals surface area contributed by atoms with Gasteiger partial charge < -0.3 is 16.2 Å². The second-order valence-corrected chi connectivity index (χ2v) is 10.9. The van der Waals surface area contributed by atoms with E-state index in [0.717, 1.165) is 30.6 Å². The van der Waals surface area contributed by atoms with Crippen molar-refractivity contribution in [1.29, 1.82) is 0 Å². The van der Waals surface area contributed by atoms with E-state index in [1.807, 2.05) is 0 Å². The molecule has 5 heteroatoms. The zero-order valence-corrected chi connectivity index (χ0v) is 17.6. The summed E-state index contributed by atoms with van der Waals surface area (Å²) in [6.45, 7) is 5.10. The minimum Gasteiger partial charge on any atom is -0.481 e. The summed E-state index contributed by atoms with van der Waals surface area (Å²) in [4.78, 5) is 23.1. The second-order valence-electron chi connectivity index (χ2n) is 10.9. The fourth-order valence-corrected chi connectivity index (χ4v) is 7.97. The second kappa shape index (κ2) is 7.30. The van der Waals surface area contributed by atoms with Gasteiger partial charge in [0, 0.05) is 6.04 Å². The van der Waals surface area contributed by atoms with E-state index in [-0.39, 0.29) is 18.4 Å². The van der Waals surface area contributed by atoms with E-state index in [2.05, 4.69) is 19.2 Å². The molecular formula is C23H38N2O3. The first-order valence-corrected chi connectivity index (χ1v) is 11.5. The van der Waals surface area contributed by atoms with E-state index in [1.54, 1.807) is 0 Å². The lowest BCUT2D eigenvalue weighted by molar-refractivity contribution is -0.140. The number of carbonyl (C=O) groups excluding carboxylic acids is 1. The molecule has 4 aliphatic carbocycles. The molecule has 0 heterocycles. The van der Waals surface area contributed by atoms with Crippen LogP contribution in [0.2, 0.25) is 0 Å². The van der Waals surface area contributed by atoms with Gasteiger partial charge in [0.05, 0.1) is 12.5 Å². The first kappa shape index (κ1) is 20.2. The minimum absolute atomic E-state index is 0.155. The summed E-state index contributed by atoms with van der Waals surface area (Å²) in [6, 6.07) is -0.790. The SMILES string of the molecule is C[C@@]12CCC[C@H]1[C@@H]1CC[C@@H]3C[C@H](NC(=O)[C@@H](N)CC(=O)O)CC[C@]3(C)[C@H]1CC2. The average molecular weight is 391 g/mol. The molecule has 8 atom stereocenters. The Balaban J connectivity index is 1.40. The molecule has 0 aromatic heterocycles. The van der Waals surface area contributed by atoms with Crippen LogP contribution in [0.4, 0.5) is 0 Å². The van der Waals surface area contributed by atoms with E-state index in [0.29, 0.717) is 16.7 Å². The number of carbonyl (C=O) groups is 2. The summed E-state index contributed by atoms with van der Waals surface area (Å²) in [7, 11) is 0. The molecule has 4 aliphatic rings. The molecule has 4 N–H and O–H groups in total. The van der Waals surface area contributed by atoms with Gasteiger partial charge in [-0.2, -0.15) is 0 Å². The number of hydrogen-bond acceptors (Lipinski definition) is 3. The zero-order valence-electron chi connectivity index (χ0n) is 17.6. The number of nitrogens with one attached hydrogen (secondary N) is 1. The van der Waals surface area contributed by atoms with Gasteiger partial charge in [-0.1, -0.05) is 20.3 Å². The Labute approximate surface area is 169 Å². The first-order valence-electron chi connectivity index (χ1n) is 11.5. The number of carboxylic acids is 1. The van der Waals surface area contributed by atoms with Crippen LogP contribution in [0.25, 0.3) is 0 Å². The molecule has 28 heavy (non-hydrogen) atoms. The highest BCUT2D eigenvalue weighted by Crippen LogP contribution is 2.66. The molecule has 0 aromatic rings. The molecule has 4 saturated carbocycles. The largest absolute Gasteiger partial charge is 0.481 e. The first-order chi connectivity index (χ1) is 13.2. The van der Waals surface area contributed by atoms with Gasteiger partial charge in [0.2, 0.25) is 5.91 Å². The third-order valence-electron chi connectivity index (χ3n) is 9.52. The van der Waals surface area contributed by atoms with Gasteiger partial charge in [-0.3, -0.25) is 9.59 Å². The highest BCUT2D eigenvalue weighted by atomic mass is 16.4. The van der Waals surface area contributed by atoms with Crippen molar-refractivity contribution in [1.82, 2.24) is 5.32 Å². The number of aliphatic carboxylic acids is 1. The van der Waals surface area contributed by atoms with E-state index >= 15 is 0 Å². The normalized spacial score (nSPS) is 46.0. The molecule has 0 aromatic carbocycles. The third kappa shape index (κ3) is 3.38. The van der Waals surface area contributed by atoms with Crippen molar-refractivity contribution < 1.29 is 14.7 Å². The van der Waals surface area contributed by atoms with Crippen LogP contribution in [0.3, 0.4) is 0 Å². The van der Waals surface area contributed by atoms with E-state index in [1.165, 1.54) is 51.4 Å². The lowest BCUT2D eigenvalue weighted by Crippen LogP contribution is -2.56. The molecule has 158 valence electrons. The number of amides is 1. The zero-order chi connectivity index (χ0) is 20.1. The molecule has 4 fully saturated rings. The third-order valence-corrected chi connectivity index (χ3v) is 9.52. The summed E-state index contributed by atoms with van der Waals surface area (Å²) in [5.41, 5.74) is 6.77.